The summed E-state index contributed by atoms with van der Waals surface area (Å²) < 4.78 is 0. The molecule has 0 saturated carbocycles. The summed E-state index contributed by atoms with van der Waals surface area (Å²) in [5, 5.41) is 13.6. The molecule has 104 valence electrons. The van der Waals surface area contributed by atoms with Gasteiger partial charge in [0.2, 0.25) is 0 Å². The standard InChI is InChI=1S/C10H20N4O4/c1-10(2,3)14(6-7(15)16)9(18)13-5-4-12-8(11)17/h4-6H2,1-3H3,(H,13,18)(H,15,16)(H3,11,12,17). The van der Waals surface area contributed by atoms with Gasteiger partial charge in [-0.05, 0) is 20.8 Å². The lowest BCUT2D eigenvalue weighted by Crippen LogP contribution is -2.53. The number of urea groups is 2. The molecule has 0 radical (unpaired) electrons. The maximum absolute atomic E-state index is 11.8. The molecule has 0 rings (SSSR count). The van der Waals surface area contributed by atoms with Crippen molar-refractivity contribution in [3.63, 3.8) is 0 Å². The highest BCUT2D eigenvalue weighted by atomic mass is 16.4. The first-order valence-electron chi connectivity index (χ1n) is 5.45. The molecule has 4 amide bonds. The number of carbonyl (C=O) groups excluding carboxylic acids is 2. The molecule has 8 heteroatoms. The van der Waals surface area contributed by atoms with Gasteiger partial charge in [0.05, 0.1) is 0 Å². The topological polar surface area (TPSA) is 125 Å². The summed E-state index contributed by atoms with van der Waals surface area (Å²) in [6.45, 7) is 5.17. The predicted octanol–water partition coefficient (Wildman–Crippen LogP) is -0.451. The Morgan fingerprint density at radius 3 is 2.06 bits per heavy atom. The number of carboxylic acid groups (broad SMARTS) is 1. The van der Waals surface area contributed by atoms with Gasteiger partial charge in [0, 0.05) is 18.6 Å². The summed E-state index contributed by atoms with van der Waals surface area (Å²) in [5.74, 6) is -1.09. The summed E-state index contributed by atoms with van der Waals surface area (Å²) in [4.78, 5) is 34.0. The minimum Gasteiger partial charge on any atom is -0.480 e. The second-order valence-corrected chi connectivity index (χ2v) is 4.67. The van der Waals surface area contributed by atoms with Crippen molar-refractivity contribution >= 4 is 18.0 Å². The fourth-order valence-corrected chi connectivity index (χ4v) is 1.20. The summed E-state index contributed by atoms with van der Waals surface area (Å²) >= 11 is 0. The van der Waals surface area contributed by atoms with Crippen LogP contribution in [0.25, 0.3) is 0 Å². The number of aliphatic carboxylic acids is 1. The number of hydrogen-bond donors (Lipinski definition) is 4. The molecule has 0 atom stereocenters. The lowest BCUT2D eigenvalue weighted by Gasteiger charge is -2.34. The highest BCUT2D eigenvalue weighted by molar-refractivity contribution is 5.80. The van der Waals surface area contributed by atoms with Gasteiger partial charge in [-0.25, -0.2) is 9.59 Å². The Morgan fingerprint density at radius 1 is 1.17 bits per heavy atom. The van der Waals surface area contributed by atoms with E-state index in [0.717, 1.165) is 0 Å². The molecule has 0 unspecified atom stereocenters. The molecular formula is C10H20N4O4. The van der Waals surface area contributed by atoms with Crippen molar-refractivity contribution in [1.82, 2.24) is 15.5 Å². The van der Waals surface area contributed by atoms with E-state index in [4.69, 9.17) is 10.8 Å². The van der Waals surface area contributed by atoms with Crippen molar-refractivity contribution in [1.29, 1.82) is 0 Å². The number of nitrogens with one attached hydrogen (secondary N) is 2. The summed E-state index contributed by atoms with van der Waals surface area (Å²) in [5.41, 5.74) is 4.24. The summed E-state index contributed by atoms with van der Waals surface area (Å²) in [7, 11) is 0. The highest BCUT2D eigenvalue weighted by Gasteiger charge is 2.27. The molecule has 0 bridgehead atoms. The van der Waals surface area contributed by atoms with Crippen molar-refractivity contribution in [3.05, 3.63) is 0 Å². The van der Waals surface area contributed by atoms with Crippen LogP contribution in [-0.4, -0.2) is 53.2 Å². The lowest BCUT2D eigenvalue weighted by atomic mass is 10.1. The minimum atomic E-state index is -1.09. The van der Waals surface area contributed by atoms with Gasteiger partial charge in [-0.15, -0.1) is 0 Å². The van der Waals surface area contributed by atoms with E-state index in [0.29, 0.717) is 0 Å². The Morgan fingerprint density at radius 2 is 1.67 bits per heavy atom. The van der Waals surface area contributed by atoms with Gasteiger partial charge in [-0.1, -0.05) is 0 Å². The molecular weight excluding hydrogens is 240 g/mol. The number of primary amides is 1. The van der Waals surface area contributed by atoms with Crippen LogP contribution in [0.5, 0.6) is 0 Å². The Balaban J connectivity index is 4.31. The van der Waals surface area contributed by atoms with Crippen LogP contribution in [0.3, 0.4) is 0 Å². The third-order valence-corrected chi connectivity index (χ3v) is 2.05. The number of carboxylic acids is 1. The first-order valence-corrected chi connectivity index (χ1v) is 5.45. The van der Waals surface area contributed by atoms with Crippen molar-refractivity contribution in [3.8, 4) is 0 Å². The van der Waals surface area contributed by atoms with Gasteiger partial charge >= 0.3 is 18.0 Å². The second kappa shape index (κ2) is 6.67. The van der Waals surface area contributed by atoms with Crippen molar-refractivity contribution in [2.24, 2.45) is 5.73 Å². The number of amides is 4. The average Bonchev–Trinajstić information content (AvgIpc) is 2.18. The van der Waals surface area contributed by atoms with E-state index in [1.165, 1.54) is 4.90 Å². The monoisotopic (exact) mass is 260 g/mol. The van der Waals surface area contributed by atoms with E-state index >= 15 is 0 Å². The van der Waals surface area contributed by atoms with E-state index in [9.17, 15) is 14.4 Å². The maximum atomic E-state index is 11.8. The van der Waals surface area contributed by atoms with Gasteiger partial charge in [-0.3, -0.25) is 4.79 Å². The molecule has 8 nitrogen and oxygen atoms in total. The zero-order valence-electron chi connectivity index (χ0n) is 10.8. The normalized spacial score (nSPS) is 10.6. The zero-order valence-corrected chi connectivity index (χ0v) is 10.8. The molecule has 0 saturated heterocycles. The van der Waals surface area contributed by atoms with Crippen molar-refractivity contribution < 1.29 is 19.5 Å². The van der Waals surface area contributed by atoms with E-state index in [-0.39, 0.29) is 13.1 Å². The lowest BCUT2D eigenvalue weighted by molar-refractivity contribution is -0.138. The van der Waals surface area contributed by atoms with Crippen LogP contribution in [-0.2, 0) is 4.79 Å². The molecule has 5 N–H and O–H groups in total. The van der Waals surface area contributed by atoms with E-state index in [1.54, 1.807) is 20.8 Å². The molecule has 0 aliphatic rings. The Bertz CT molecular complexity index is 324. The fourth-order valence-electron chi connectivity index (χ4n) is 1.20. The predicted molar refractivity (Wildman–Crippen MR) is 65.1 cm³/mol. The number of nitrogens with two attached hydrogens (primary N) is 1. The third kappa shape index (κ3) is 6.56. The van der Waals surface area contributed by atoms with E-state index < -0.39 is 30.1 Å². The van der Waals surface area contributed by atoms with Gasteiger partial charge in [0.25, 0.3) is 0 Å². The first-order chi connectivity index (χ1) is 8.14. The Labute approximate surface area is 106 Å². The molecule has 0 aromatic carbocycles. The molecule has 0 heterocycles. The summed E-state index contributed by atoms with van der Waals surface area (Å²) in [6.07, 6.45) is 0. The van der Waals surface area contributed by atoms with Gasteiger partial charge in [0.1, 0.15) is 6.54 Å². The van der Waals surface area contributed by atoms with Crippen LogP contribution < -0.4 is 16.4 Å². The average molecular weight is 260 g/mol. The summed E-state index contributed by atoms with van der Waals surface area (Å²) in [6, 6.07) is -1.18. The van der Waals surface area contributed by atoms with Crippen LogP contribution >= 0.6 is 0 Å². The van der Waals surface area contributed by atoms with Gasteiger partial charge in [-0.2, -0.15) is 0 Å². The van der Waals surface area contributed by atoms with Crippen LogP contribution in [0.15, 0.2) is 0 Å². The molecule has 0 aromatic heterocycles. The van der Waals surface area contributed by atoms with Crippen LogP contribution in [0.1, 0.15) is 20.8 Å². The van der Waals surface area contributed by atoms with Gasteiger partial charge in [0.15, 0.2) is 0 Å². The first kappa shape index (κ1) is 16.0. The van der Waals surface area contributed by atoms with Gasteiger partial charge < -0.3 is 26.4 Å². The molecule has 0 fully saturated rings. The Kier molecular flexibility index (Phi) is 5.94. The SMILES string of the molecule is CC(C)(C)N(CC(=O)O)C(=O)NCCNC(N)=O. The van der Waals surface area contributed by atoms with Crippen molar-refractivity contribution in [2.45, 2.75) is 26.3 Å². The Hall–Kier alpha value is -1.99. The van der Waals surface area contributed by atoms with Crippen molar-refractivity contribution in [2.75, 3.05) is 19.6 Å². The molecule has 0 aromatic rings. The molecule has 18 heavy (non-hydrogen) atoms. The largest absolute Gasteiger partial charge is 0.480 e. The van der Waals surface area contributed by atoms with E-state index in [2.05, 4.69) is 10.6 Å². The molecule has 0 aliphatic heterocycles. The minimum absolute atomic E-state index is 0.175. The molecule has 0 spiro atoms. The van der Waals surface area contributed by atoms with Crippen LogP contribution in [0.4, 0.5) is 9.59 Å². The smallest absolute Gasteiger partial charge is 0.323 e. The third-order valence-electron chi connectivity index (χ3n) is 2.05. The molecule has 0 aliphatic carbocycles. The maximum Gasteiger partial charge on any atom is 0.323 e. The quantitative estimate of drug-likeness (QED) is 0.499. The van der Waals surface area contributed by atoms with Crippen LogP contribution in [0.2, 0.25) is 0 Å². The fraction of sp³-hybridized carbons (Fsp3) is 0.700. The number of rotatable bonds is 5. The number of nitrogens with zero attached hydrogens (tertiary/aromatic N) is 1. The zero-order chi connectivity index (χ0) is 14.3. The number of hydrogen-bond acceptors (Lipinski definition) is 3. The second-order valence-electron chi connectivity index (χ2n) is 4.67. The van der Waals surface area contributed by atoms with E-state index in [1.807, 2.05) is 0 Å². The van der Waals surface area contributed by atoms with Crippen LogP contribution in [0, 0.1) is 0 Å². The highest BCUT2D eigenvalue weighted by Crippen LogP contribution is 2.12. The number of carbonyl (C=O) groups is 3.